The number of sulfonamides is 1. The minimum Gasteiger partial charge on any atom is -0.379 e. The van der Waals surface area contributed by atoms with Gasteiger partial charge in [-0.1, -0.05) is 45.4 Å². The van der Waals surface area contributed by atoms with Crippen molar-refractivity contribution in [3.8, 4) is 0 Å². The lowest BCUT2D eigenvalue weighted by Crippen LogP contribution is -2.45. The van der Waals surface area contributed by atoms with Crippen LogP contribution < -0.4 is 10.6 Å². The molecule has 9 heteroatoms. The summed E-state index contributed by atoms with van der Waals surface area (Å²) in [7, 11) is -1.51. The molecular formula is C17H37IN4O3S. The van der Waals surface area contributed by atoms with Crippen molar-refractivity contribution in [1.82, 2.24) is 14.9 Å². The van der Waals surface area contributed by atoms with E-state index in [1.165, 1.54) is 42.8 Å². The molecule has 1 saturated heterocycles. The van der Waals surface area contributed by atoms with Crippen molar-refractivity contribution >= 4 is 40.0 Å². The van der Waals surface area contributed by atoms with Crippen LogP contribution in [0.2, 0.25) is 0 Å². The molecular weight excluding hydrogens is 467 g/mol. The van der Waals surface area contributed by atoms with Gasteiger partial charge in [0, 0.05) is 33.2 Å². The van der Waals surface area contributed by atoms with Gasteiger partial charge in [0.2, 0.25) is 10.0 Å². The minimum atomic E-state index is -3.22. The van der Waals surface area contributed by atoms with Gasteiger partial charge in [-0.3, -0.25) is 4.99 Å². The zero-order chi connectivity index (χ0) is 18.4. The van der Waals surface area contributed by atoms with Crippen LogP contribution in [-0.2, 0) is 14.8 Å². The Morgan fingerprint density at radius 2 is 1.58 bits per heavy atom. The van der Waals surface area contributed by atoms with E-state index in [-0.39, 0.29) is 29.7 Å². The maximum Gasteiger partial charge on any atom is 0.215 e. The summed E-state index contributed by atoms with van der Waals surface area (Å²) in [5.41, 5.74) is 0. The molecule has 1 aliphatic heterocycles. The predicted molar refractivity (Wildman–Crippen MR) is 119 cm³/mol. The maximum absolute atomic E-state index is 12.2. The molecule has 0 aliphatic carbocycles. The number of ether oxygens (including phenoxy) is 1. The van der Waals surface area contributed by atoms with Crippen molar-refractivity contribution < 1.29 is 13.2 Å². The van der Waals surface area contributed by atoms with Gasteiger partial charge in [0.05, 0.1) is 19.0 Å². The van der Waals surface area contributed by atoms with E-state index in [1.807, 2.05) is 0 Å². The first-order chi connectivity index (χ1) is 12.1. The van der Waals surface area contributed by atoms with Gasteiger partial charge < -0.3 is 15.4 Å². The standard InChI is InChI=1S/C17H36N4O3S.HI/c1-3-4-5-6-7-8-9-10-19-17(18-2)20-11-16-25(22,23)21-12-14-24-15-13-21;/h3-16H2,1-2H3,(H2,18,19,20);1H. The fourth-order valence-corrected chi connectivity index (χ4v) is 4.09. The van der Waals surface area contributed by atoms with Crippen LogP contribution in [0.4, 0.5) is 0 Å². The van der Waals surface area contributed by atoms with Gasteiger partial charge in [-0.25, -0.2) is 8.42 Å². The second-order valence-electron chi connectivity index (χ2n) is 6.37. The lowest BCUT2D eigenvalue weighted by molar-refractivity contribution is 0.0730. The van der Waals surface area contributed by atoms with Crippen molar-refractivity contribution in [1.29, 1.82) is 0 Å². The van der Waals surface area contributed by atoms with E-state index in [9.17, 15) is 8.42 Å². The summed E-state index contributed by atoms with van der Waals surface area (Å²) in [5.74, 6) is 0.744. The van der Waals surface area contributed by atoms with Crippen LogP contribution in [-0.4, -0.2) is 70.9 Å². The van der Waals surface area contributed by atoms with Crippen molar-refractivity contribution in [3.05, 3.63) is 0 Å². The molecule has 156 valence electrons. The lowest BCUT2D eigenvalue weighted by atomic mass is 10.1. The van der Waals surface area contributed by atoms with Gasteiger partial charge >= 0.3 is 0 Å². The molecule has 0 bridgehead atoms. The third kappa shape index (κ3) is 11.6. The number of rotatable bonds is 12. The zero-order valence-electron chi connectivity index (χ0n) is 16.3. The quantitative estimate of drug-likeness (QED) is 0.184. The molecule has 0 atom stereocenters. The number of halogens is 1. The molecule has 0 aromatic heterocycles. The molecule has 0 saturated carbocycles. The summed E-state index contributed by atoms with van der Waals surface area (Å²) in [6, 6.07) is 0. The highest BCUT2D eigenvalue weighted by Crippen LogP contribution is 2.06. The second kappa shape index (κ2) is 15.9. The van der Waals surface area contributed by atoms with Gasteiger partial charge in [0.1, 0.15) is 0 Å². The summed E-state index contributed by atoms with van der Waals surface area (Å²) in [5, 5.41) is 6.33. The Labute approximate surface area is 176 Å². The van der Waals surface area contributed by atoms with Crippen LogP contribution >= 0.6 is 24.0 Å². The van der Waals surface area contributed by atoms with Crippen molar-refractivity contribution in [2.24, 2.45) is 4.99 Å². The Bertz CT molecular complexity index is 469. The normalized spacial score (nSPS) is 16.2. The highest BCUT2D eigenvalue weighted by Gasteiger charge is 2.23. The number of hydrogen-bond donors (Lipinski definition) is 2. The van der Waals surface area contributed by atoms with Gasteiger partial charge in [0.25, 0.3) is 0 Å². The Balaban J connectivity index is 0.00000625. The summed E-state index contributed by atoms with van der Waals surface area (Å²) in [6.07, 6.45) is 8.89. The predicted octanol–water partition coefficient (Wildman–Crippen LogP) is 2.18. The zero-order valence-corrected chi connectivity index (χ0v) is 19.5. The van der Waals surface area contributed by atoms with Crippen molar-refractivity contribution in [2.45, 2.75) is 51.9 Å². The smallest absolute Gasteiger partial charge is 0.215 e. The van der Waals surface area contributed by atoms with E-state index < -0.39 is 10.0 Å². The molecule has 26 heavy (non-hydrogen) atoms. The molecule has 1 aliphatic rings. The third-order valence-electron chi connectivity index (χ3n) is 4.31. The van der Waals surface area contributed by atoms with Crippen molar-refractivity contribution in [2.75, 3.05) is 52.2 Å². The van der Waals surface area contributed by atoms with E-state index >= 15 is 0 Å². The number of aliphatic imine (C=N–C) groups is 1. The summed E-state index contributed by atoms with van der Waals surface area (Å²) >= 11 is 0. The summed E-state index contributed by atoms with van der Waals surface area (Å²) in [4.78, 5) is 4.14. The lowest BCUT2D eigenvalue weighted by Gasteiger charge is -2.26. The Morgan fingerprint density at radius 3 is 2.19 bits per heavy atom. The van der Waals surface area contributed by atoms with Crippen LogP contribution in [0.1, 0.15) is 51.9 Å². The van der Waals surface area contributed by atoms with E-state index in [0.29, 0.717) is 38.8 Å². The van der Waals surface area contributed by atoms with Gasteiger partial charge in [0.15, 0.2) is 5.96 Å². The molecule has 0 aromatic carbocycles. The third-order valence-corrected chi connectivity index (χ3v) is 6.18. The number of nitrogens with one attached hydrogen (secondary N) is 2. The highest BCUT2D eigenvalue weighted by atomic mass is 127. The van der Waals surface area contributed by atoms with Crippen molar-refractivity contribution in [3.63, 3.8) is 0 Å². The maximum atomic E-state index is 12.2. The molecule has 2 N–H and O–H groups in total. The van der Waals surface area contributed by atoms with Crippen LogP contribution in [0.5, 0.6) is 0 Å². The van der Waals surface area contributed by atoms with E-state index in [4.69, 9.17) is 4.74 Å². The largest absolute Gasteiger partial charge is 0.379 e. The first-order valence-corrected chi connectivity index (χ1v) is 11.2. The molecule has 1 rings (SSSR count). The second-order valence-corrected chi connectivity index (χ2v) is 8.46. The molecule has 0 aromatic rings. The van der Waals surface area contributed by atoms with Gasteiger partial charge in [-0.2, -0.15) is 4.31 Å². The van der Waals surface area contributed by atoms with E-state index in [2.05, 4.69) is 22.5 Å². The Kier molecular flexibility index (Phi) is 15.8. The fourth-order valence-electron chi connectivity index (χ4n) is 2.76. The van der Waals surface area contributed by atoms with Crippen LogP contribution in [0.3, 0.4) is 0 Å². The minimum absolute atomic E-state index is 0. The topological polar surface area (TPSA) is 83.0 Å². The molecule has 1 fully saturated rings. The van der Waals surface area contributed by atoms with Gasteiger partial charge in [-0.15, -0.1) is 24.0 Å². The Hall–Kier alpha value is -0.130. The molecule has 1 heterocycles. The van der Waals surface area contributed by atoms with Gasteiger partial charge in [-0.05, 0) is 6.42 Å². The number of morpholine rings is 1. The number of guanidine groups is 1. The molecule has 0 amide bonds. The average Bonchev–Trinajstić information content (AvgIpc) is 2.63. The molecule has 0 unspecified atom stereocenters. The SMILES string of the molecule is CCCCCCCCCNC(=NC)NCCS(=O)(=O)N1CCOCC1.I. The number of nitrogens with zero attached hydrogens (tertiary/aromatic N) is 2. The summed E-state index contributed by atoms with van der Waals surface area (Å²) in [6.45, 7) is 5.32. The first-order valence-electron chi connectivity index (χ1n) is 9.60. The first kappa shape index (κ1) is 25.9. The fraction of sp³-hybridized carbons (Fsp3) is 0.941. The van der Waals surface area contributed by atoms with E-state index in [0.717, 1.165) is 13.0 Å². The molecule has 0 spiro atoms. The average molecular weight is 504 g/mol. The molecule has 7 nitrogen and oxygen atoms in total. The van der Waals surface area contributed by atoms with Crippen LogP contribution in [0.15, 0.2) is 4.99 Å². The monoisotopic (exact) mass is 504 g/mol. The highest BCUT2D eigenvalue weighted by molar-refractivity contribution is 14.0. The van der Waals surface area contributed by atoms with Crippen LogP contribution in [0, 0.1) is 0 Å². The molecule has 0 radical (unpaired) electrons. The van der Waals surface area contributed by atoms with Crippen LogP contribution in [0.25, 0.3) is 0 Å². The van der Waals surface area contributed by atoms with E-state index in [1.54, 1.807) is 7.05 Å². The summed E-state index contributed by atoms with van der Waals surface area (Å²) < 4.78 is 31.2. The Morgan fingerprint density at radius 1 is 1.00 bits per heavy atom. The number of hydrogen-bond acceptors (Lipinski definition) is 4. The number of unbranched alkanes of at least 4 members (excludes halogenated alkanes) is 6.